The van der Waals surface area contributed by atoms with Crippen LogP contribution in [-0.2, 0) is 38.1 Å². The molecule has 14 heteroatoms. The van der Waals surface area contributed by atoms with Crippen LogP contribution in [0, 0.1) is 0 Å². The molecule has 0 radical (unpaired) electrons. The van der Waals surface area contributed by atoms with Crippen molar-refractivity contribution in [1.82, 2.24) is 0 Å². The third kappa shape index (κ3) is 5.61. The zero-order valence-electron chi connectivity index (χ0n) is 28.2. The summed E-state index contributed by atoms with van der Waals surface area (Å²) in [6.07, 6.45) is -0.316. The van der Waals surface area contributed by atoms with Gasteiger partial charge in [0.1, 0.15) is 29.7 Å². The van der Waals surface area contributed by atoms with Crippen LogP contribution < -0.4 is 0 Å². The first kappa shape index (κ1) is 35.4. The molecule has 11 atom stereocenters. The van der Waals surface area contributed by atoms with Gasteiger partial charge in [-0.25, -0.2) is 0 Å². The lowest BCUT2D eigenvalue weighted by molar-refractivity contribution is -0.243. The summed E-state index contributed by atoms with van der Waals surface area (Å²) in [6, 6.07) is 2.63. The third-order valence-corrected chi connectivity index (χ3v) is 10.5. The number of carbonyl (C=O) groups is 5. The first-order valence-electron chi connectivity index (χ1n) is 16.8. The number of aliphatic hydroxyl groups excluding tert-OH is 1. The molecule has 7 rings (SSSR count). The summed E-state index contributed by atoms with van der Waals surface area (Å²) in [4.78, 5) is 65.6. The predicted molar refractivity (Wildman–Crippen MR) is 172 cm³/mol. The van der Waals surface area contributed by atoms with Crippen LogP contribution in [0.2, 0.25) is 0 Å². The van der Waals surface area contributed by atoms with Crippen molar-refractivity contribution >= 4 is 28.9 Å². The number of phenols is 1. The van der Waals surface area contributed by atoms with Gasteiger partial charge < -0.3 is 44.1 Å². The van der Waals surface area contributed by atoms with Gasteiger partial charge in [-0.15, -0.1) is 0 Å². The van der Waals surface area contributed by atoms with E-state index in [1.807, 2.05) is 0 Å². The molecule has 1 aromatic carbocycles. The first-order valence-corrected chi connectivity index (χ1v) is 16.8. The predicted octanol–water partition coefficient (Wildman–Crippen LogP) is 1.57. The Morgan fingerprint density at radius 2 is 1.51 bits per heavy atom. The van der Waals surface area contributed by atoms with Gasteiger partial charge in [0.05, 0.1) is 35.0 Å². The summed E-state index contributed by atoms with van der Waals surface area (Å²) < 4.78 is 29.1. The topological polar surface area (TPSA) is 212 Å². The maximum atomic E-state index is 14.1. The summed E-state index contributed by atoms with van der Waals surface area (Å²) in [5.41, 5.74) is -8.14. The smallest absolute Gasteiger partial charge is 0.198 e. The average Bonchev–Trinajstić information content (AvgIpc) is 3.05. The van der Waals surface area contributed by atoms with Gasteiger partial charge >= 0.3 is 0 Å². The minimum Gasteiger partial charge on any atom is -0.507 e. The van der Waals surface area contributed by atoms with Crippen LogP contribution in [0.5, 0.6) is 5.75 Å². The second-order valence-corrected chi connectivity index (χ2v) is 14.2. The van der Waals surface area contributed by atoms with Crippen molar-refractivity contribution < 1.29 is 68.1 Å². The summed E-state index contributed by atoms with van der Waals surface area (Å²) in [5.74, 6) is -3.83. The molecular formula is C37H38O14. The van der Waals surface area contributed by atoms with Gasteiger partial charge in [0.25, 0.3) is 0 Å². The molecule has 51 heavy (non-hydrogen) atoms. The standard InChI is InChI=1S/C37H38O14/c1-16-22(38)7-9-27(48-16)50-34-18(3)47-25(13-24(34)40)19-5-6-20-29(31(19)42)32(43)21-11-12-36(45)15-35(4,51-28-10-8-23(39)17(2)49-28)14-26(41)37(36,46)30(21)33(20)44/h5-12,16-18,24-25,27-28,34,40,42,45-46H,13-15H2,1-4H3/t16-,17-,18-,24-,25-,27+,28-,34-,35-,36-,37-/m0/s1. The second kappa shape index (κ2) is 12.3. The molecule has 0 unspecified atom stereocenters. The fourth-order valence-electron chi connectivity index (χ4n) is 7.90. The molecule has 14 nitrogen and oxygen atoms in total. The molecule has 270 valence electrons. The lowest BCUT2D eigenvalue weighted by Crippen LogP contribution is -2.69. The number of carbonyl (C=O) groups excluding carboxylic acids is 5. The molecule has 1 saturated heterocycles. The van der Waals surface area contributed by atoms with E-state index >= 15 is 0 Å². The highest BCUT2D eigenvalue weighted by Crippen LogP contribution is 2.53. The van der Waals surface area contributed by atoms with Crippen LogP contribution in [0.4, 0.5) is 0 Å². The number of aliphatic hydroxyl groups is 3. The Morgan fingerprint density at radius 1 is 0.863 bits per heavy atom. The Kier molecular flexibility index (Phi) is 8.55. The van der Waals surface area contributed by atoms with E-state index in [0.29, 0.717) is 0 Å². The highest BCUT2D eigenvalue weighted by molar-refractivity contribution is 6.32. The molecule has 4 N–H and O–H groups in total. The number of hydrogen-bond acceptors (Lipinski definition) is 14. The van der Waals surface area contributed by atoms with Gasteiger partial charge in [-0.3, -0.25) is 24.0 Å². The lowest BCUT2D eigenvalue weighted by Gasteiger charge is -2.53. The number of hydrogen-bond donors (Lipinski definition) is 4. The quantitative estimate of drug-likeness (QED) is 0.343. The third-order valence-electron chi connectivity index (χ3n) is 10.5. The number of fused-ring (bicyclic) bond motifs is 3. The van der Waals surface area contributed by atoms with Crippen LogP contribution in [0.25, 0.3) is 0 Å². The second-order valence-electron chi connectivity index (χ2n) is 14.2. The molecule has 3 aliphatic heterocycles. The minimum absolute atomic E-state index is 0.0682. The number of allylic oxidation sites excluding steroid dienone is 2. The monoisotopic (exact) mass is 706 g/mol. The highest BCUT2D eigenvalue weighted by atomic mass is 16.7. The summed E-state index contributed by atoms with van der Waals surface area (Å²) in [6.45, 7) is 6.30. The van der Waals surface area contributed by atoms with Gasteiger partial charge in [0.2, 0.25) is 0 Å². The van der Waals surface area contributed by atoms with Gasteiger partial charge in [-0.05, 0) is 64.1 Å². The highest BCUT2D eigenvalue weighted by Gasteiger charge is 2.67. The van der Waals surface area contributed by atoms with Gasteiger partial charge in [0, 0.05) is 36.0 Å². The lowest BCUT2D eigenvalue weighted by atomic mass is 9.57. The van der Waals surface area contributed by atoms with Gasteiger partial charge in [0.15, 0.2) is 47.1 Å². The van der Waals surface area contributed by atoms with E-state index in [1.54, 1.807) is 20.8 Å². The SMILES string of the molecule is C[C@@H]1O[C@H](O[C@H]2[C@H](C)O[C@H](c3ccc4c(c3O)C(=O)C3=C(C4=O)[C@@]4(O)C(=O)C[C@](C)(O[C@H]5C=CC(=O)[C@H](C)O5)C[C@@]4(O)C=C3)C[C@@H]2O)C=CC1=O. The molecule has 0 bridgehead atoms. The van der Waals surface area contributed by atoms with Crippen LogP contribution in [0.15, 0.2) is 59.7 Å². The van der Waals surface area contributed by atoms with E-state index in [2.05, 4.69) is 0 Å². The zero-order valence-corrected chi connectivity index (χ0v) is 28.2. The molecule has 0 amide bonds. The van der Waals surface area contributed by atoms with E-state index in [-0.39, 0.29) is 46.7 Å². The summed E-state index contributed by atoms with van der Waals surface area (Å²) in [5, 5.41) is 46.4. The van der Waals surface area contributed by atoms with E-state index in [1.165, 1.54) is 43.4 Å². The van der Waals surface area contributed by atoms with E-state index in [9.17, 15) is 44.4 Å². The first-order chi connectivity index (χ1) is 24.0. The normalized spacial score (nSPS) is 40.7. The van der Waals surface area contributed by atoms with Gasteiger partial charge in [-0.1, -0.05) is 12.1 Å². The Hall–Kier alpha value is -3.99. The van der Waals surface area contributed by atoms with Crippen molar-refractivity contribution in [1.29, 1.82) is 0 Å². The van der Waals surface area contributed by atoms with Crippen LogP contribution in [-0.4, -0.2) is 109 Å². The molecule has 0 spiro atoms. The number of rotatable bonds is 5. The molecular weight excluding hydrogens is 668 g/mol. The Balaban J connectivity index is 1.14. The average molecular weight is 707 g/mol. The Labute approximate surface area is 292 Å². The van der Waals surface area contributed by atoms with Crippen LogP contribution in [0.3, 0.4) is 0 Å². The number of phenolic OH excluding ortho intramolecular Hbond substituents is 1. The number of Topliss-reactive ketones (excluding diaryl/α,β-unsaturated/α-hetero) is 3. The van der Waals surface area contributed by atoms with Crippen molar-refractivity contribution in [2.24, 2.45) is 0 Å². The number of aromatic hydroxyl groups is 1. The molecule has 3 aliphatic carbocycles. The fraction of sp³-hybridized carbons (Fsp3) is 0.486. The maximum absolute atomic E-state index is 14.1. The molecule has 1 aromatic rings. The largest absolute Gasteiger partial charge is 0.507 e. The van der Waals surface area contributed by atoms with E-state index in [0.717, 1.165) is 12.2 Å². The molecule has 1 saturated carbocycles. The van der Waals surface area contributed by atoms with Crippen molar-refractivity contribution in [3.05, 3.63) is 76.4 Å². The minimum atomic E-state index is -2.82. The van der Waals surface area contributed by atoms with Crippen LogP contribution >= 0.6 is 0 Å². The molecule has 3 heterocycles. The molecule has 2 fully saturated rings. The number of ketones is 5. The molecule has 0 aromatic heterocycles. The van der Waals surface area contributed by atoms with E-state index < -0.39 is 101 Å². The Bertz CT molecular complexity index is 1860. The Morgan fingerprint density at radius 3 is 2.16 bits per heavy atom. The van der Waals surface area contributed by atoms with Crippen molar-refractivity contribution in [3.63, 3.8) is 0 Å². The van der Waals surface area contributed by atoms with Crippen molar-refractivity contribution in [3.8, 4) is 5.75 Å². The fourth-order valence-corrected chi connectivity index (χ4v) is 7.90. The summed E-state index contributed by atoms with van der Waals surface area (Å²) in [7, 11) is 0. The van der Waals surface area contributed by atoms with Crippen molar-refractivity contribution in [2.75, 3.05) is 0 Å². The molecule has 6 aliphatic rings. The maximum Gasteiger partial charge on any atom is 0.198 e. The number of ether oxygens (including phenoxy) is 5. The van der Waals surface area contributed by atoms with Gasteiger partial charge in [-0.2, -0.15) is 0 Å². The number of benzene rings is 1. The summed E-state index contributed by atoms with van der Waals surface area (Å²) >= 11 is 0. The van der Waals surface area contributed by atoms with Crippen molar-refractivity contribution in [2.45, 2.75) is 113 Å². The zero-order chi connectivity index (χ0) is 36.8. The van der Waals surface area contributed by atoms with E-state index in [4.69, 9.17) is 23.7 Å². The van der Waals surface area contributed by atoms with Crippen LogP contribution in [0.1, 0.15) is 79.3 Å².